The Morgan fingerprint density at radius 1 is 1.50 bits per heavy atom. The zero-order valence-electron chi connectivity index (χ0n) is 13.1. The first-order valence-corrected chi connectivity index (χ1v) is 7.77. The highest BCUT2D eigenvalue weighted by Gasteiger charge is 2.17. The van der Waals surface area contributed by atoms with Gasteiger partial charge in [0.05, 0.1) is 10.7 Å². The average Bonchev–Trinajstić information content (AvgIpc) is 2.75. The number of anilines is 1. The number of alkyl carbamates (subject to hydrolysis) is 1. The van der Waals surface area contributed by atoms with Crippen LogP contribution in [0, 0.1) is 0 Å². The molecule has 8 heteroatoms. The largest absolute Gasteiger partial charge is 0.444 e. The van der Waals surface area contributed by atoms with Gasteiger partial charge in [-0.15, -0.1) is 0 Å². The van der Waals surface area contributed by atoms with Gasteiger partial charge in [-0.25, -0.2) is 14.3 Å². The fourth-order valence-corrected chi connectivity index (χ4v) is 2.12. The first kappa shape index (κ1) is 16.5. The lowest BCUT2D eigenvalue weighted by Gasteiger charge is -2.22. The van der Waals surface area contributed by atoms with Gasteiger partial charge in [0.15, 0.2) is 5.65 Å². The van der Waals surface area contributed by atoms with Gasteiger partial charge in [0, 0.05) is 18.8 Å². The summed E-state index contributed by atoms with van der Waals surface area (Å²) in [6.07, 6.45) is 3.09. The van der Waals surface area contributed by atoms with Gasteiger partial charge < -0.3 is 15.4 Å². The topological polar surface area (TPSA) is 80.5 Å². The van der Waals surface area contributed by atoms with Crippen molar-refractivity contribution < 1.29 is 9.53 Å². The number of carbonyl (C=O) groups excluding carboxylic acids is 1. The molecular weight excluding hydrogens is 350 g/mol. The Labute approximate surface area is 137 Å². The minimum atomic E-state index is -0.502. The van der Waals surface area contributed by atoms with E-state index in [0.717, 1.165) is 10.1 Å². The maximum Gasteiger partial charge on any atom is 0.407 e. The molecule has 0 aliphatic rings. The van der Waals surface area contributed by atoms with E-state index in [1.54, 1.807) is 10.7 Å². The quantitative estimate of drug-likeness (QED) is 0.865. The second-order valence-corrected chi connectivity index (χ2v) is 6.86. The third kappa shape index (κ3) is 4.59. The number of rotatable bonds is 4. The van der Waals surface area contributed by atoms with Crippen LogP contribution in [0.25, 0.3) is 5.65 Å². The highest BCUT2D eigenvalue weighted by atomic mass is 79.9. The maximum absolute atomic E-state index is 11.7. The van der Waals surface area contributed by atoms with Crippen molar-refractivity contribution in [2.24, 2.45) is 0 Å². The van der Waals surface area contributed by atoms with E-state index in [-0.39, 0.29) is 6.04 Å². The van der Waals surface area contributed by atoms with Crippen LogP contribution >= 0.6 is 15.9 Å². The minimum Gasteiger partial charge on any atom is -0.444 e. The van der Waals surface area contributed by atoms with Crippen molar-refractivity contribution in [2.75, 3.05) is 11.9 Å². The molecule has 2 heterocycles. The number of halogens is 1. The van der Waals surface area contributed by atoms with Gasteiger partial charge in [0.2, 0.25) is 0 Å². The number of hydrogen-bond donors (Lipinski definition) is 2. The van der Waals surface area contributed by atoms with Crippen LogP contribution in [0.15, 0.2) is 22.9 Å². The molecule has 7 nitrogen and oxygen atoms in total. The lowest BCUT2D eigenvalue weighted by atomic mass is 10.2. The smallest absolute Gasteiger partial charge is 0.407 e. The standard InChI is InChI=1S/C14H20BrN5O2/c1-9(18-13(21)22-14(2,3)4)7-16-11-5-6-20-12(19-11)10(15)8-17-20/h5-6,8-9H,7H2,1-4H3,(H,16,19)(H,18,21). The number of carbonyl (C=O) groups is 1. The Hall–Kier alpha value is -1.83. The van der Waals surface area contributed by atoms with Crippen molar-refractivity contribution in [1.82, 2.24) is 19.9 Å². The molecule has 0 spiro atoms. The van der Waals surface area contributed by atoms with E-state index < -0.39 is 11.7 Å². The summed E-state index contributed by atoms with van der Waals surface area (Å²) in [6, 6.07) is 1.73. The summed E-state index contributed by atoms with van der Waals surface area (Å²) in [6.45, 7) is 7.92. The summed E-state index contributed by atoms with van der Waals surface area (Å²) < 4.78 is 7.72. The number of amides is 1. The molecule has 0 fully saturated rings. The lowest BCUT2D eigenvalue weighted by molar-refractivity contribution is 0.0511. The second kappa shape index (κ2) is 6.51. The molecule has 0 saturated heterocycles. The molecule has 1 atom stereocenters. The van der Waals surface area contributed by atoms with Crippen molar-refractivity contribution >= 4 is 33.5 Å². The van der Waals surface area contributed by atoms with Crippen LogP contribution in [0.4, 0.5) is 10.6 Å². The van der Waals surface area contributed by atoms with Gasteiger partial charge in [-0.2, -0.15) is 5.10 Å². The van der Waals surface area contributed by atoms with E-state index in [2.05, 4.69) is 36.6 Å². The van der Waals surface area contributed by atoms with Crippen LogP contribution in [-0.4, -0.2) is 38.9 Å². The zero-order valence-corrected chi connectivity index (χ0v) is 14.6. The number of ether oxygens (including phenoxy) is 1. The van der Waals surface area contributed by atoms with Crippen LogP contribution in [0.3, 0.4) is 0 Å². The average molecular weight is 370 g/mol. The Kier molecular flexibility index (Phi) is 4.90. The van der Waals surface area contributed by atoms with Crippen molar-refractivity contribution in [1.29, 1.82) is 0 Å². The van der Waals surface area contributed by atoms with Crippen molar-refractivity contribution in [2.45, 2.75) is 39.3 Å². The molecule has 0 bridgehead atoms. The van der Waals surface area contributed by atoms with E-state index in [4.69, 9.17) is 4.74 Å². The van der Waals surface area contributed by atoms with Crippen LogP contribution in [0.5, 0.6) is 0 Å². The predicted octanol–water partition coefficient (Wildman–Crippen LogP) is 2.82. The summed E-state index contributed by atoms with van der Waals surface area (Å²) >= 11 is 3.39. The van der Waals surface area contributed by atoms with Crippen molar-refractivity contribution in [3.8, 4) is 0 Å². The molecule has 2 rings (SSSR count). The van der Waals surface area contributed by atoms with E-state index in [1.807, 2.05) is 40.0 Å². The monoisotopic (exact) mass is 369 g/mol. The molecule has 0 aromatic carbocycles. The number of aromatic nitrogens is 3. The Morgan fingerprint density at radius 2 is 2.23 bits per heavy atom. The molecular formula is C14H20BrN5O2. The molecule has 2 aromatic rings. The molecule has 0 saturated carbocycles. The van der Waals surface area contributed by atoms with Gasteiger partial charge in [-0.3, -0.25) is 0 Å². The molecule has 120 valence electrons. The highest BCUT2D eigenvalue weighted by Crippen LogP contribution is 2.16. The lowest BCUT2D eigenvalue weighted by Crippen LogP contribution is -2.40. The molecule has 1 amide bonds. The zero-order chi connectivity index (χ0) is 16.3. The second-order valence-electron chi connectivity index (χ2n) is 6.00. The van der Waals surface area contributed by atoms with Crippen LogP contribution in [0.1, 0.15) is 27.7 Å². The molecule has 2 aromatic heterocycles. The number of fused-ring (bicyclic) bond motifs is 1. The third-order valence-corrected chi connectivity index (χ3v) is 3.24. The molecule has 22 heavy (non-hydrogen) atoms. The van der Waals surface area contributed by atoms with Gasteiger partial charge >= 0.3 is 6.09 Å². The third-order valence-electron chi connectivity index (χ3n) is 2.68. The van der Waals surface area contributed by atoms with Crippen LogP contribution in [-0.2, 0) is 4.74 Å². The van der Waals surface area contributed by atoms with Gasteiger partial charge in [-0.1, -0.05) is 0 Å². The molecule has 0 aliphatic carbocycles. The van der Waals surface area contributed by atoms with Gasteiger partial charge in [0.1, 0.15) is 11.4 Å². The van der Waals surface area contributed by atoms with E-state index in [0.29, 0.717) is 12.4 Å². The Morgan fingerprint density at radius 3 is 2.91 bits per heavy atom. The summed E-state index contributed by atoms with van der Waals surface area (Å²) in [5.74, 6) is 0.714. The fraction of sp³-hybridized carbons (Fsp3) is 0.500. The van der Waals surface area contributed by atoms with Crippen LogP contribution < -0.4 is 10.6 Å². The predicted molar refractivity (Wildman–Crippen MR) is 88.0 cm³/mol. The minimum absolute atomic E-state index is 0.0961. The normalized spacial score (nSPS) is 13.0. The molecule has 0 aliphatic heterocycles. The molecule has 2 N–H and O–H groups in total. The van der Waals surface area contributed by atoms with E-state index in [1.165, 1.54) is 0 Å². The van der Waals surface area contributed by atoms with Crippen molar-refractivity contribution in [3.63, 3.8) is 0 Å². The number of hydrogen-bond acceptors (Lipinski definition) is 5. The Bertz CT molecular complexity index is 665. The maximum atomic E-state index is 11.7. The summed E-state index contributed by atoms with van der Waals surface area (Å²) in [7, 11) is 0. The van der Waals surface area contributed by atoms with E-state index in [9.17, 15) is 4.79 Å². The van der Waals surface area contributed by atoms with Crippen molar-refractivity contribution in [3.05, 3.63) is 22.9 Å². The SMILES string of the molecule is CC(CNc1ccn2ncc(Br)c2n1)NC(=O)OC(C)(C)C. The first-order valence-electron chi connectivity index (χ1n) is 6.98. The molecule has 0 radical (unpaired) electrons. The summed E-state index contributed by atoms with van der Waals surface area (Å²) in [5.41, 5.74) is 0.232. The van der Waals surface area contributed by atoms with E-state index >= 15 is 0 Å². The number of nitrogens with one attached hydrogen (secondary N) is 2. The fourth-order valence-electron chi connectivity index (χ4n) is 1.76. The Balaban J connectivity index is 1.88. The van der Waals surface area contributed by atoms with Gasteiger partial charge in [0.25, 0.3) is 0 Å². The van der Waals surface area contributed by atoms with Crippen LogP contribution in [0.2, 0.25) is 0 Å². The van der Waals surface area contributed by atoms with Gasteiger partial charge in [-0.05, 0) is 49.7 Å². The highest BCUT2D eigenvalue weighted by molar-refractivity contribution is 9.10. The number of nitrogens with zero attached hydrogens (tertiary/aromatic N) is 3. The molecule has 1 unspecified atom stereocenters. The summed E-state index contributed by atoms with van der Waals surface area (Å²) in [5, 5.41) is 10.1. The first-order chi connectivity index (χ1) is 10.2. The summed E-state index contributed by atoms with van der Waals surface area (Å²) in [4.78, 5) is 16.1.